The Hall–Kier alpha value is -1.56. The number of aliphatic hydroxyl groups excluding tert-OH is 5. The molecule has 14 nitrogen and oxygen atoms in total. The predicted octanol–water partition coefficient (Wildman–Crippen LogP) is -0.397. The zero-order valence-electron chi connectivity index (χ0n) is 28.1. The van der Waals surface area contributed by atoms with E-state index in [9.17, 15) is 45.3 Å². The first-order chi connectivity index (χ1) is 23.2. The molecule has 0 radical (unpaired) electrons. The second-order valence-corrected chi connectivity index (χ2v) is 16.2. The smallest absolute Gasteiger partial charge is 0.331 e. The number of hydrogen-bond acceptors (Lipinski definition) is 14. The molecule has 0 aromatic heterocycles. The van der Waals surface area contributed by atoms with Crippen molar-refractivity contribution in [1.29, 1.82) is 0 Å². The molecular formula is C35H52O14. The van der Waals surface area contributed by atoms with Gasteiger partial charge in [0.25, 0.3) is 0 Å². The van der Waals surface area contributed by atoms with Crippen LogP contribution >= 0.6 is 0 Å². The Bertz CT molecular complexity index is 1300. The third kappa shape index (κ3) is 5.56. The van der Waals surface area contributed by atoms with Crippen LogP contribution in [0.15, 0.2) is 11.6 Å². The molecule has 7 aliphatic rings. The summed E-state index contributed by atoms with van der Waals surface area (Å²) in [6, 6.07) is 0. The van der Waals surface area contributed by atoms with Gasteiger partial charge in [-0.15, -0.1) is 0 Å². The number of hydrogen-bond donors (Lipinski definition) is 7. The number of ether oxygens (including phenoxy) is 5. The molecule has 0 bridgehead atoms. The molecule has 17 unspecified atom stereocenters. The Morgan fingerprint density at radius 3 is 2.39 bits per heavy atom. The standard InChI is InChI=1S/C35H52O14/c1-17-30(23(37)12-26(39)47-17)46-15-24-27(40)28(41)29(42)31(49-24)48-19-3-8-33(16-36)21-4-7-32(2)20(18-11-25(38)45-14-18)6-10-35(32,44)22(21)5-9-34(33,43)13-19/h11,16-17,19-24,26-31,37,39-44H,3-10,12-15H2,1-2H3. The third-order valence-corrected chi connectivity index (χ3v) is 13.9. The Balaban J connectivity index is 1.03. The fourth-order valence-corrected chi connectivity index (χ4v) is 11.3. The summed E-state index contributed by atoms with van der Waals surface area (Å²) in [6.45, 7) is 3.70. The molecule has 3 heterocycles. The van der Waals surface area contributed by atoms with Crippen molar-refractivity contribution in [1.82, 2.24) is 0 Å². The van der Waals surface area contributed by atoms with Crippen LogP contribution in [0.25, 0.3) is 0 Å². The Labute approximate surface area is 285 Å². The third-order valence-electron chi connectivity index (χ3n) is 13.9. The summed E-state index contributed by atoms with van der Waals surface area (Å²) in [7, 11) is 0. The number of carbonyl (C=O) groups is 2. The van der Waals surface area contributed by atoms with E-state index in [1.54, 1.807) is 13.0 Å². The maximum atomic E-state index is 13.2. The average Bonchev–Trinajstić information content (AvgIpc) is 3.60. The highest BCUT2D eigenvalue weighted by Crippen LogP contribution is 2.70. The summed E-state index contributed by atoms with van der Waals surface area (Å²) in [5.74, 6) is -0.813. The molecule has 49 heavy (non-hydrogen) atoms. The first-order valence-electron chi connectivity index (χ1n) is 17.9. The van der Waals surface area contributed by atoms with Crippen molar-refractivity contribution in [2.24, 2.45) is 28.6 Å². The molecule has 0 aromatic rings. The number of aldehydes is 1. The van der Waals surface area contributed by atoms with Gasteiger partial charge in [0.15, 0.2) is 12.6 Å². The van der Waals surface area contributed by atoms with E-state index >= 15 is 0 Å². The number of rotatable bonds is 7. The minimum atomic E-state index is -1.63. The van der Waals surface area contributed by atoms with Gasteiger partial charge in [0.2, 0.25) is 0 Å². The van der Waals surface area contributed by atoms with E-state index in [2.05, 4.69) is 6.92 Å². The van der Waals surface area contributed by atoms with Gasteiger partial charge in [0.1, 0.15) is 43.4 Å². The fraction of sp³-hybridized carbons (Fsp3) is 0.886. The quantitative estimate of drug-likeness (QED) is 0.102. The zero-order valence-corrected chi connectivity index (χ0v) is 28.1. The van der Waals surface area contributed by atoms with Crippen molar-refractivity contribution in [3.63, 3.8) is 0 Å². The molecular weight excluding hydrogens is 644 g/mol. The molecule has 276 valence electrons. The van der Waals surface area contributed by atoms with Crippen molar-refractivity contribution >= 4 is 12.3 Å². The summed E-state index contributed by atoms with van der Waals surface area (Å²) in [5.41, 5.74) is -3.18. The van der Waals surface area contributed by atoms with Crippen LogP contribution in [-0.2, 0) is 33.3 Å². The molecule has 7 N–H and O–H groups in total. The van der Waals surface area contributed by atoms with E-state index in [0.717, 1.165) is 18.3 Å². The lowest BCUT2D eigenvalue weighted by atomic mass is 9.41. The predicted molar refractivity (Wildman–Crippen MR) is 166 cm³/mol. The van der Waals surface area contributed by atoms with Gasteiger partial charge in [0.05, 0.1) is 41.5 Å². The Morgan fingerprint density at radius 2 is 1.69 bits per heavy atom. The van der Waals surface area contributed by atoms with E-state index in [1.165, 1.54) is 0 Å². The SMILES string of the molecule is CC1OC(O)CC(O)C1OCC1OC(OC2CCC3(C=O)C4CCC5(C)C(C6=CC(=O)OC6)CCC5(O)C4CCC3(O)C2)C(O)C(O)C1O. The fourth-order valence-electron chi connectivity index (χ4n) is 11.3. The van der Waals surface area contributed by atoms with E-state index in [-0.39, 0.29) is 56.2 Å². The highest BCUT2D eigenvalue weighted by atomic mass is 16.7. The molecule has 0 amide bonds. The van der Waals surface area contributed by atoms with Crippen molar-refractivity contribution < 1.29 is 69.0 Å². The highest BCUT2D eigenvalue weighted by molar-refractivity contribution is 5.85. The van der Waals surface area contributed by atoms with Crippen molar-refractivity contribution in [3.8, 4) is 0 Å². The van der Waals surface area contributed by atoms with Crippen LogP contribution in [0.1, 0.15) is 78.1 Å². The molecule has 0 aromatic carbocycles. The molecule has 0 spiro atoms. The summed E-state index contributed by atoms with van der Waals surface area (Å²) in [4.78, 5) is 25.1. The molecule has 7 rings (SSSR count). The number of fused-ring (bicyclic) bond motifs is 5. The monoisotopic (exact) mass is 696 g/mol. The van der Waals surface area contributed by atoms with Gasteiger partial charge in [-0.25, -0.2) is 4.79 Å². The second-order valence-electron chi connectivity index (χ2n) is 16.2. The molecule has 4 saturated carbocycles. The topological polar surface area (TPSA) is 222 Å². The van der Waals surface area contributed by atoms with Crippen LogP contribution in [0.4, 0.5) is 0 Å². The highest BCUT2D eigenvalue weighted by Gasteiger charge is 2.71. The number of aliphatic hydroxyl groups is 7. The number of cyclic esters (lactones) is 1. The molecule has 3 aliphatic heterocycles. The number of esters is 1. The maximum Gasteiger partial charge on any atom is 0.331 e. The number of carbonyl (C=O) groups excluding carboxylic acids is 2. The van der Waals surface area contributed by atoms with Crippen LogP contribution in [0, 0.1) is 28.6 Å². The normalized spacial score (nSPS) is 54.3. The van der Waals surface area contributed by atoms with E-state index in [4.69, 9.17) is 23.7 Å². The van der Waals surface area contributed by atoms with Crippen molar-refractivity contribution in [2.75, 3.05) is 13.2 Å². The summed E-state index contributed by atoms with van der Waals surface area (Å²) in [5, 5.41) is 77.1. The van der Waals surface area contributed by atoms with E-state index in [1.807, 2.05) is 0 Å². The van der Waals surface area contributed by atoms with Crippen LogP contribution in [-0.4, -0.2) is 134 Å². The van der Waals surface area contributed by atoms with Gasteiger partial charge in [-0.2, -0.15) is 0 Å². The molecule has 4 aliphatic carbocycles. The van der Waals surface area contributed by atoms with Gasteiger partial charge in [0, 0.05) is 24.3 Å². The lowest BCUT2D eigenvalue weighted by Gasteiger charge is -2.65. The first kappa shape index (κ1) is 35.8. The minimum Gasteiger partial charge on any atom is -0.458 e. The average molecular weight is 697 g/mol. The molecule has 2 saturated heterocycles. The van der Waals surface area contributed by atoms with Crippen LogP contribution in [0.5, 0.6) is 0 Å². The largest absolute Gasteiger partial charge is 0.458 e. The van der Waals surface area contributed by atoms with Gasteiger partial charge in [-0.05, 0) is 81.6 Å². The Morgan fingerprint density at radius 1 is 0.939 bits per heavy atom. The summed E-state index contributed by atoms with van der Waals surface area (Å²) >= 11 is 0. The first-order valence-corrected chi connectivity index (χ1v) is 17.9. The maximum absolute atomic E-state index is 13.2. The lowest BCUT2D eigenvalue weighted by Crippen LogP contribution is -2.69. The van der Waals surface area contributed by atoms with Gasteiger partial charge in [-0.3, -0.25) is 0 Å². The summed E-state index contributed by atoms with van der Waals surface area (Å²) < 4.78 is 28.4. The summed E-state index contributed by atoms with van der Waals surface area (Å²) in [6.07, 6.45) is -5.10. The molecule has 14 heteroatoms. The van der Waals surface area contributed by atoms with E-state index in [0.29, 0.717) is 38.5 Å². The lowest BCUT2D eigenvalue weighted by molar-refractivity contribution is -0.328. The Kier molecular flexibility index (Phi) is 9.38. The molecule has 17 atom stereocenters. The van der Waals surface area contributed by atoms with Crippen molar-refractivity contribution in [2.45, 2.75) is 151 Å². The van der Waals surface area contributed by atoms with Crippen LogP contribution < -0.4 is 0 Å². The van der Waals surface area contributed by atoms with Gasteiger partial charge in [-0.1, -0.05) is 6.92 Å². The van der Waals surface area contributed by atoms with Crippen LogP contribution in [0.2, 0.25) is 0 Å². The van der Waals surface area contributed by atoms with Gasteiger partial charge < -0.3 is 64.2 Å². The minimum absolute atomic E-state index is 0.00408. The van der Waals surface area contributed by atoms with Crippen molar-refractivity contribution in [3.05, 3.63) is 11.6 Å². The van der Waals surface area contributed by atoms with Crippen LogP contribution in [0.3, 0.4) is 0 Å². The second kappa shape index (κ2) is 12.8. The van der Waals surface area contributed by atoms with Gasteiger partial charge >= 0.3 is 5.97 Å². The van der Waals surface area contributed by atoms with E-state index < -0.39 is 83.4 Å². The molecule has 6 fully saturated rings. The zero-order chi connectivity index (χ0) is 35.1.